The average molecular weight is 943 g/mol. The van der Waals surface area contributed by atoms with Crippen LogP contribution < -0.4 is 0 Å². The van der Waals surface area contributed by atoms with Crippen molar-refractivity contribution < 1.29 is 0 Å². The first-order valence-electron chi connectivity index (χ1n) is 28.7. The van der Waals surface area contributed by atoms with Gasteiger partial charge in [-0.1, -0.05) is 182 Å². The molecule has 10 atom stereocenters. The SMILES string of the molecule is C1=CCC(C2CC=CC3=C2C2=C(C=CCC2C2C=CC(c4cccc(C5=CC=C(C6=CC=C7C(C6)C6=CCCC=C6C76C7=CCCC8=C7C7C6=CC=CC7C6=C8CCC=C6)CC5)c4)=CC2)C2C=CC=CC32)C=C1. The summed E-state index contributed by atoms with van der Waals surface area (Å²) in [5.41, 5.74) is 30.2. The molecule has 15 aliphatic carbocycles. The highest BCUT2D eigenvalue weighted by molar-refractivity contribution is 5.82. The molecule has 0 aliphatic heterocycles. The maximum absolute atomic E-state index is 2.71. The van der Waals surface area contributed by atoms with Crippen molar-refractivity contribution in [2.45, 2.75) is 83.5 Å². The standard InChI is InChI=1S/C73H66/c1-2-15-48(16-3-1)53-24-11-26-60-55-19-4-5-20-56(55)61-27-12-25-54(70(61)69(53)60)49-39-37-46(38-40-49)51-18-10-17-50(43-51)45-33-35-47(36-34-45)52-41-42-66-64(44-52)59-23-8-9-30-65(59)73(66)67-31-13-28-62-57-21-6-7-22-58(57)63-29-14-32-68(73)72(63)71(62)67/h1-6,10-13,15,17-21,23,26-28,30-33,35,37-39,41-43,48-49,53-56,62,64,71H,7-9,14,16,22,24-25,29,34,36,40,44H2. The predicted molar refractivity (Wildman–Crippen MR) is 303 cm³/mol. The molecular formula is C73H66. The van der Waals surface area contributed by atoms with Gasteiger partial charge in [0.15, 0.2) is 0 Å². The fraction of sp³-hybridized carbons (Fsp3) is 0.315. The Labute approximate surface area is 434 Å². The third-order valence-electron chi connectivity index (χ3n) is 20.6. The molecular weight excluding hydrogens is 877 g/mol. The molecule has 358 valence electrons. The van der Waals surface area contributed by atoms with Gasteiger partial charge in [0.2, 0.25) is 0 Å². The lowest BCUT2D eigenvalue weighted by atomic mass is 9.58. The van der Waals surface area contributed by atoms with Gasteiger partial charge < -0.3 is 0 Å². The summed E-state index contributed by atoms with van der Waals surface area (Å²) in [6.45, 7) is 0. The Morgan fingerprint density at radius 3 is 1.97 bits per heavy atom. The Kier molecular flexibility index (Phi) is 9.86. The van der Waals surface area contributed by atoms with Gasteiger partial charge in [-0.2, -0.15) is 0 Å². The van der Waals surface area contributed by atoms with Crippen LogP contribution in [0.3, 0.4) is 0 Å². The van der Waals surface area contributed by atoms with Crippen molar-refractivity contribution in [2.75, 3.05) is 0 Å². The second-order valence-electron chi connectivity index (χ2n) is 23.8. The topological polar surface area (TPSA) is 0 Å². The van der Waals surface area contributed by atoms with E-state index < -0.39 is 0 Å². The molecule has 10 unspecified atom stereocenters. The zero-order valence-electron chi connectivity index (χ0n) is 42.3. The highest BCUT2D eigenvalue weighted by Gasteiger charge is 2.64. The van der Waals surface area contributed by atoms with Crippen LogP contribution in [0.25, 0.3) is 11.1 Å². The van der Waals surface area contributed by atoms with Crippen LogP contribution in [0.15, 0.2) is 272 Å². The van der Waals surface area contributed by atoms with E-state index in [1.807, 2.05) is 0 Å². The van der Waals surface area contributed by atoms with E-state index in [-0.39, 0.29) is 5.41 Å². The van der Waals surface area contributed by atoms with Crippen molar-refractivity contribution in [3.8, 4) is 0 Å². The van der Waals surface area contributed by atoms with Crippen molar-refractivity contribution in [2.24, 2.45) is 58.7 Å². The molecule has 0 heteroatoms. The molecule has 1 aromatic rings. The smallest absolute Gasteiger partial charge is 0.0639 e. The predicted octanol–water partition coefficient (Wildman–Crippen LogP) is 17.9. The van der Waals surface area contributed by atoms with E-state index >= 15 is 0 Å². The van der Waals surface area contributed by atoms with E-state index in [2.05, 4.69) is 188 Å². The summed E-state index contributed by atoms with van der Waals surface area (Å²) >= 11 is 0. The van der Waals surface area contributed by atoms with Crippen LogP contribution in [0, 0.1) is 58.7 Å². The summed E-state index contributed by atoms with van der Waals surface area (Å²) in [5, 5.41) is 0. The molecule has 16 rings (SSSR count). The Hall–Kier alpha value is -6.50. The van der Waals surface area contributed by atoms with Crippen LogP contribution in [0.2, 0.25) is 0 Å². The van der Waals surface area contributed by atoms with Gasteiger partial charge in [0.25, 0.3) is 0 Å². The molecule has 0 aromatic heterocycles. The summed E-state index contributed by atoms with van der Waals surface area (Å²) < 4.78 is 0. The maximum Gasteiger partial charge on any atom is 0.0639 e. The fourth-order valence-electron chi connectivity index (χ4n) is 17.6. The Bertz CT molecular complexity index is 3450. The van der Waals surface area contributed by atoms with Crippen molar-refractivity contribution in [1.29, 1.82) is 0 Å². The third-order valence-corrected chi connectivity index (χ3v) is 20.6. The van der Waals surface area contributed by atoms with Crippen LogP contribution >= 0.6 is 0 Å². The van der Waals surface area contributed by atoms with Gasteiger partial charge in [0.1, 0.15) is 0 Å². The summed E-state index contributed by atoms with van der Waals surface area (Å²) in [7, 11) is 0. The number of hydrogen-bond donors (Lipinski definition) is 0. The summed E-state index contributed by atoms with van der Waals surface area (Å²) in [6.07, 6.45) is 82.3. The normalized spacial score (nSPS) is 35.5. The molecule has 0 bridgehead atoms. The van der Waals surface area contributed by atoms with Crippen molar-refractivity contribution in [3.05, 3.63) is 283 Å². The first-order valence-corrected chi connectivity index (χ1v) is 28.7. The number of hydrogen-bond acceptors (Lipinski definition) is 0. The molecule has 0 nitrogen and oxygen atoms in total. The lowest BCUT2D eigenvalue weighted by Gasteiger charge is -2.46. The minimum absolute atomic E-state index is 0.101. The van der Waals surface area contributed by atoms with Gasteiger partial charge in [-0.15, -0.1) is 0 Å². The largest absolute Gasteiger partial charge is 0.0839 e. The van der Waals surface area contributed by atoms with Gasteiger partial charge in [-0.3, -0.25) is 0 Å². The quantitative estimate of drug-likeness (QED) is 0.276. The Balaban J connectivity index is 0.674. The van der Waals surface area contributed by atoms with E-state index in [9.17, 15) is 0 Å². The van der Waals surface area contributed by atoms with Crippen LogP contribution in [0.1, 0.15) is 94.6 Å². The second kappa shape index (κ2) is 16.8. The second-order valence-corrected chi connectivity index (χ2v) is 23.8. The number of rotatable bonds is 5. The summed E-state index contributed by atoms with van der Waals surface area (Å²) in [5.74, 6) is 4.37. The van der Waals surface area contributed by atoms with Gasteiger partial charge in [-0.05, 0) is 219 Å². The van der Waals surface area contributed by atoms with Crippen molar-refractivity contribution >= 4 is 11.1 Å². The lowest BCUT2D eigenvalue weighted by Crippen LogP contribution is -2.34. The minimum atomic E-state index is -0.101. The molecule has 0 amide bonds. The van der Waals surface area contributed by atoms with E-state index in [1.54, 1.807) is 83.6 Å². The van der Waals surface area contributed by atoms with Crippen LogP contribution in [-0.4, -0.2) is 0 Å². The highest BCUT2D eigenvalue weighted by Crippen LogP contribution is 2.75. The van der Waals surface area contributed by atoms with Crippen molar-refractivity contribution in [3.63, 3.8) is 0 Å². The Morgan fingerprint density at radius 2 is 1.18 bits per heavy atom. The molecule has 2 saturated carbocycles. The first kappa shape index (κ1) is 43.0. The molecule has 0 saturated heterocycles. The number of allylic oxidation sites excluding steroid dienone is 44. The maximum atomic E-state index is 2.71. The molecule has 0 N–H and O–H groups in total. The number of benzene rings is 1. The molecule has 1 aromatic carbocycles. The molecule has 0 radical (unpaired) electrons. The lowest BCUT2D eigenvalue weighted by molar-refractivity contribution is 0.391. The monoisotopic (exact) mass is 943 g/mol. The van der Waals surface area contributed by atoms with E-state index in [0.717, 1.165) is 51.4 Å². The van der Waals surface area contributed by atoms with E-state index in [1.165, 1.54) is 54.4 Å². The third kappa shape index (κ3) is 6.25. The Morgan fingerprint density at radius 1 is 0.452 bits per heavy atom. The first-order chi connectivity index (χ1) is 36.2. The average Bonchev–Trinajstić information content (AvgIpc) is 3.97. The summed E-state index contributed by atoms with van der Waals surface area (Å²) in [6, 6.07) is 9.48. The molecule has 1 spiro atoms. The number of fused-ring (bicyclic) bond motifs is 13. The fourth-order valence-corrected chi connectivity index (χ4v) is 17.6. The van der Waals surface area contributed by atoms with Crippen LogP contribution in [-0.2, 0) is 0 Å². The minimum Gasteiger partial charge on any atom is -0.0839 e. The van der Waals surface area contributed by atoms with Crippen LogP contribution in [0.4, 0.5) is 0 Å². The summed E-state index contributed by atoms with van der Waals surface area (Å²) in [4.78, 5) is 0. The van der Waals surface area contributed by atoms with Gasteiger partial charge in [-0.25, -0.2) is 0 Å². The van der Waals surface area contributed by atoms with Crippen LogP contribution in [0.5, 0.6) is 0 Å². The van der Waals surface area contributed by atoms with E-state index in [0.29, 0.717) is 53.3 Å². The molecule has 73 heavy (non-hydrogen) atoms. The van der Waals surface area contributed by atoms with Gasteiger partial charge in [0, 0.05) is 29.6 Å². The highest BCUT2D eigenvalue weighted by atomic mass is 14.7. The van der Waals surface area contributed by atoms with Crippen molar-refractivity contribution in [1.82, 2.24) is 0 Å². The molecule has 0 heterocycles. The molecule has 15 aliphatic rings. The van der Waals surface area contributed by atoms with Gasteiger partial charge in [0.05, 0.1) is 5.41 Å². The molecule has 2 fully saturated rings. The zero-order chi connectivity index (χ0) is 47.8. The van der Waals surface area contributed by atoms with Gasteiger partial charge >= 0.3 is 0 Å². The van der Waals surface area contributed by atoms with E-state index in [4.69, 9.17) is 0 Å². The zero-order valence-corrected chi connectivity index (χ0v) is 42.3.